The van der Waals surface area contributed by atoms with Crippen molar-refractivity contribution in [2.24, 2.45) is 0 Å². The molecule has 0 saturated heterocycles. The normalized spacial score (nSPS) is 10.1. The molecule has 0 bridgehead atoms. The van der Waals surface area contributed by atoms with Crippen LogP contribution in [-0.4, -0.2) is 22.7 Å². The van der Waals surface area contributed by atoms with E-state index in [1.54, 1.807) is 17.9 Å². The average Bonchev–Trinajstić information content (AvgIpc) is 2.78. The number of hydrogen-bond acceptors (Lipinski definition) is 2. The highest BCUT2D eigenvalue weighted by Crippen LogP contribution is 2.07. The molecule has 1 heterocycles. The monoisotopic (exact) mass is 215 g/mol. The maximum Gasteiger partial charge on any atom is 0.224 e. The minimum absolute atomic E-state index is 0.00684. The van der Waals surface area contributed by atoms with Crippen LogP contribution in [0, 0.1) is 0 Å². The van der Waals surface area contributed by atoms with Crippen molar-refractivity contribution in [3.63, 3.8) is 0 Å². The van der Waals surface area contributed by atoms with Gasteiger partial charge in [0.05, 0.1) is 18.3 Å². The number of hydrogen-bond donors (Lipinski definition) is 1. The number of carbonyl (C=O) groups is 1. The molecule has 1 aromatic heterocycles. The largest absolute Gasteiger partial charge is 0.359 e. The second-order valence-electron chi connectivity index (χ2n) is 3.48. The van der Waals surface area contributed by atoms with E-state index in [1.165, 1.54) is 0 Å². The highest BCUT2D eigenvalue weighted by molar-refractivity contribution is 5.78. The lowest BCUT2D eigenvalue weighted by atomic mass is 10.2. The van der Waals surface area contributed by atoms with Crippen molar-refractivity contribution in [2.75, 3.05) is 7.05 Å². The quantitative estimate of drug-likeness (QED) is 0.835. The molecular weight excluding hydrogens is 202 g/mol. The van der Waals surface area contributed by atoms with Crippen LogP contribution >= 0.6 is 0 Å². The summed E-state index contributed by atoms with van der Waals surface area (Å²) < 4.78 is 1.76. The molecule has 4 heteroatoms. The maximum atomic E-state index is 11.2. The van der Waals surface area contributed by atoms with E-state index >= 15 is 0 Å². The molecule has 1 amide bonds. The minimum Gasteiger partial charge on any atom is -0.359 e. The summed E-state index contributed by atoms with van der Waals surface area (Å²) in [5.41, 5.74) is 1.90. The number of carbonyl (C=O) groups excluding carboxylic acids is 1. The first-order valence-corrected chi connectivity index (χ1v) is 5.09. The average molecular weight is 215 g/mol. The van der Waals surface area contributed by atoms with Crippen molar-refractivity contribution < 1.29 is 4.79 Å². The molecule has 0 fully saturated rings. The van der Waals surface area contributed by atoms with Crippen LogP contribution in [0.3, 0.4) is 0 Å². The van der Waals surface area contributed by atoms with Crippen molar-refractivity contribution in [1.29, 1.82) is 0 Å². The Kier molecular flexibility index (Phi) is 3.00. The zero-order valence-corrected chi connectivity index (χ0v) is 9.05. The fourth-order valence-corrected chi connectivity index (χ4v) is 1.45. The van der Waals surface area contributed by atoms with Crippen molar-refractivity contribution in [3.8, 4) is 5.69 Å². The highest BCUT2D eigenvalue weighted by atomic mass is 16.1. The van der Waals surface area contributed by atoms with Crippen LogP contribution in [0.5, 0.6) is 0 Å². The van der Waals surface area contributed by atoms with E-state index in [9.17, 15) is 4.79 Å². The van der Waals surface area contributed by atoms with Crippen molar-refractivity contribution in [1.82, 2.24) is 15.1 Å². The molecule has 0 aliphatic rings. The lowest BCUT2D eigenvalue weighted by molar-refractivity contribution is -0.119. The Labute approximate surface area is 93.9 Å². The molecule has 0 radical (unpaired) electrons. The summed E-state index contributed by atoms with van der Waals surface area (Å²) >= 11 is 0. The fourth-order valence-electron chi connectivity index (χ4n) is 1.45. The van der Waals surface area contributed by atoms with Gasteiger partial charge in [0.15, 0.2) is 0 Å². The van der Waals surface area contributed by atoms with Crippen LogP contribution in [0.2, 0.25) is 0 Å². The van der Waals surface area contributed by atoms with Gasteiger partial charge in [-0.05, 0) is 17.7 Å². The van der Waals surface area contributed by atoms with E-state index in [0.29, 0.717) is 6.42 Å². The molecule has 2 rings (SSSR count). The molecule has 1 aromatic carbocycles. The Bertz CT molecular complexity index is 476. The molecule has 0 saturated carbocycles. The molecule has 0 atom stereocenters. The van der Waals surface area contributed by atoms with E-state index in [4.69, 9.17) is 0 Å². The Balaban J connectivity index is 2.17. The highest BCUT2D eigenvalue weighted by Gasteiger charge is 2.04. The van der Waals surface area contributed by atoms with Crippen LogP contribution in [0.15, 0.2) is 42.7 Å². The predicted octanol–water partition coefficient (Wildman–Crippen LogP) is 1.16. The molecule has 0 unspecified atom stereocenters. The molecule has 0 aliphatic carbocycles. The Morgan fingerprint density at radius 2 is 2.12 bits per heavy atom. The van der Waals surface area contributed by atoms with Gasteiger partial charge in [-0.3, -0.25) is 4.79 Å². The van der Waals surface area contributed by atoms with Crippen molar-refractivity contribution in [2.45, 2.75) is 6.42 Å². The zero-order valence-electron chi connectivity index (χ0n) is 9.05. The van der Waals surface area contributed by atoms with Crippen LogP contribution < -0.4 is 5.32 Å². The molecule has 2 aromatic rings. The number of nitrogens with zero attached hydrogens (tertiary/aromatic N) is 2. The fraction of sp³-hybridized carbons (Fsp3) is 0.167. The van der Waals surface area contributed by atoms with Gasteiger partial charge in [0, 0.05) is 13.2 Å². The molecule has 0 aliphatic heterocycles. The van der Waals surface area contributed by atoms with Gasteiger partial charge < -0.3 is 5.32 Å². The summed E-state index contributed by atoms with van der Waals surface area (Å²) in [5, 5.41) is 6.80. The topological polar surface area (TPSA) is 46.9 Å². The van der Waals surface area contributed by atoms with E-state index in [1.807, 2.05) is 36.5 Å². The van der Waals surface area contributed by atoms with Crippen LogP contribution in [0.4, 0.5) is 0 Å². The number of nitrogens with one attached hydrogen (secondary N) is 1. The van der Waals surface area contributed by atoms with Crippen molar-refractivity contribution >= 4 is 5.91 Å². The van der Waals surface area contributed by atoms with Gasteiger partial charge in [-0.15, -0.1) is 0 Å². The van der Waals surface area contributed by atoms with E-state index in [-0.39, 0.29) is 5.91 Å². The summed E-state index contributed by atoms with van der Waals surface area (Å²) in [6, 6.07) is 9.80. The van der Waals surface area contributed by atoms with Crippen LogP contribution in [-0.2, 0) is 11.2 Å². The molecule has 4 nitrogen and oxygen atoms in total. The maximum absolute atomic E-state index is 11.2. The van der Waals surface area contributed by atoms with Gasteiger partial charge in [0.1, 0.15) is 0 Å². The lowest BCUT2D eigenvalue weighted by Crippen LogP contribution is -2.19. The standard InChI is InChI=1S/C12H13N3O/c1-13-12(16)7-10-8-14-15(9-10)11-5-3-2-4-6-11/h2-6,8-9H,7H2,1H3,(H,13,16). The second-order valence-corrected chi connectivity index (χ2v) is 3.48. The SMILES string of the molecule is CNC(=O)Cc1cnn(-c2ccccc2)c1. The summed E-state index contributed by atoms with van der Waals surface area (Å²) in [5.74, 6) is -0.00684. The van der Waals surface area contributed by atoms with Gasteiger partial charge in [0.25, 0.3) is 0 Å². The summed E-state index contributed by atoms with van der Waals surface area (Å²) in [7, 11) is 1.63. The first-order chi connectivity index (χ1) is 7.79. The van der Waals surface area contributed by atoms with Gasteiger partial charge in [-0.25, -0.2) is 4.68 Å². The first kappa shape index (κ1) is 10.4. The Hall–Kier alpha value is -2.10. The summed E-state index contributed by atoms with van der Waals surface area (Å²) in [6.45, 7) is 0. The van der Waals surface area contributed by atoms with Crippen LogP contribution in [0.25, 0.3) is 5.69 Å². The van der Waals surface area contributed by atoms with Gasteiger partial charge >= 0.3 is 0 Å². The second kappa shape index (κ2) is 4.61. The Morgan fingerprint density at radius 1 is 1.38 bits per heavy atom. The molecular formula is C12H13N3O. The number of para-hydroxylation sites is 1. The third-order valence-corrected chi connectivity index (χ3v) is 2.30. The number of benzene rings is 1. The summed E-state index contributed by atoms with van der Waals surface area (Å²) in [6.07, 6.45) is 3.94. The molecule has 0 spiro atoms. The number of amides is 1. The minimum atomic E-state index is -0.00684. The third kappa shape index (κ3) is 2.28. The van der Waals surface area contributed by atoms with E-state index in [2.05, 4.69) is 10.4 Å². The third-order valence-electron chi connectivity index (χ3n) is 2.30. The lowest BCUT2D eigenvalue weighted by Gasteiger charge is -1.99. The van der Waals surface area contributed by atoms with E-state index < -0.39 is 0 Å². The zero-order chi connectivity index (χ0) is 11.4. The number of aromatic nitrogens is 2. The molecule has 82 valence electrons. The number of rotatable bonds is 3. The Morgan fingerprint density at radius 3 is 2.81 bits per heavy atom. The van der Waals surface area contributed by atoms with Gasteiger partial charge in [-0.2, -0.15) is 5.10 Å². The van der Waals surface area contributed by atoms with E-state index in [0.717, 1.165) is 11.3 Å². The van der Waals surface area contributed by atoms with Crippen molar-refractivity contribution in [3.05, 3.63) is 48.3 Å². The molecule has 1 N–H and O–H groups in total. The molecule has 16 heavy (non-hydrogen) atoms. The first-order valence-electron chi connectivity index (χ1n) is 5.09. The number of likely N-dealkylation sites (N-methyl/N-ethyl adjacent to an activating group) is 1. The predicted molar refractivity (Wildman–Crippen MR) is 61.3 cm³/mol. The van der Waals surface area contributed by atoms with Gasteiger partial charge in [-0.1, -0.05) is 18.2 Å². The summed E-state index contributed by atoms with van der Waals surface area (Å²) in [4.78, 5) is 11.2. The van der Waals surface area contributed by atoms with Crippen LogP contribution in [0.1, 0.15) is 5.56 Å². The van der Waals surface area contributed by atoms with Gasteiger partial charge in [0.2, 0.25) is 5.91 Å². The smallest absolute Gasteiger partial charge is 0.224 e.